The van der Waals surface area contributed by atoms with Gasteiger partial charge in [0.2, 0.25) is 17.7 Å². The van der Waals surface area contributed by atoms with Crippen molar-refractivity contribution in [1.29, 1.82) is 0 Å². The minimum atomic E-state index is -0.854. The molecule has 0 saturated carbocycles. The van der Waals surface area contributed by atoms with Gasteiger partial charge < -0.3 is 29.5 Å². The van der Waals surface area contributed by atoms with E-state index >= 15 is 4.79 Å². The summed E-state index contributed by atoms with van der Waals surface area (Å²) in [5.74, 6) is -0.445. The van der Waals surface area contributed by atoms with Crippen LogP contribution in [0.25, 0.3) is 0 Å². The van der Waals surface area contributed by atoms with Crippen molar-refractivity contribution in [1.82, 2.24) is 20.0 Å². The van der Waals surface area contributed by atoms with Gasteiger partial charge in [0.25, 0.3) is 0 Å². The summed E-state index contributed by atoms with van der Waals surface area (Å²) < 4.78 is 12.2. The normalized spacial score (nSPS) is 21.0. The van der Waals surface area contributed by atoms with Crippen molar-refractivity contribution in [3.63, 3.8) is 0 Å². The van der Waals surface area contributed by atoms with Gasteiger partial charge in [-0.15, -0.1) is 0 Å². The quantitative estimate of drug-likeness (QED) is 0.173. The molecule has 6 rings (SSSR count). The third-order valence-corrected chi connectivity index (χ3v) is 12.9. The number of hydrogen-bond donors (Lipinski definition) is 1. The molecule has 3 aromatic carbocycles. The summed E-state index contributed by atoms with van der Waals surface area (Å²) in [7, 11) is 0. The number of rotatable bonds is 13. The number of hydrogen-bond acceptors (Lipinski definition) is 6. The zero-order valence-corrected chi connectivity index (χ0v) is 38.9. The fourth-order valence-corrected chi connectivity index (χ4v) is 9.68. The average molecular weight is 849 g/mol. The van der Waals surface area contributed by atoms with Crippen LogP contribution in [0.3, 0.4) is 0 Å². The molecule has 336 valence electrons. The second-order valence-electron chi connectivity index (χ2n) is 19.8. The van der Waals surface area contributed by atoms with Gasteiger partial charge in [-0.25, -0.2) is 4.79 Å². The first-order valence-electron chi connectivity index (χ1n) is 23.3. The van der Waals surface area contributed by atoms with Crippen LogP contribution in [0.15, 0.2) is 72.8 Å². The molecule has 0 radical (unpaired) electrons. The second kappa shape index (κ2) is 19.8. The molecule has 3 aliphatic heterocycles. The number of aryl methyl sites for hydroxylation is 3. The predicted molar refractivity (Wildman–Crippen MR) is 245 cm³/mol. The summed E-state index contributed by atoms with van der Waals surface area (Å²) in [5, 5.41) is 3.14. The third-order valence-electron chi connectivity index (χ3n) is 12.9. The molecule has 1 unspecified atom stereocenters. The smallest absolute Gasteiger partial charge is 0.410 e. The molecule has 0 bridgehead atoms. The standard InChI is InChI=1S/C52H72N4O6/c1-10-36-17-23-40(24-18-36)52(41-25-19-37(11-2)20-26-41,42-27-21-38(12-3)22-28-42)32-46(57)56-35-43(61-50(4,5)6)31-45(56)48(59)55-30-14-16-44(55)47(58)53-33-39-15-13-29-54(34-39)49(60)62-51(7,8)9/h17-28,39,43-45H,10-16,29-35H2,1-9H3,(H,53,58)/t39-,43-,44?,45+/m1/s1. The Bertz CT molecular complexity index is 1880. The summed E-state index contributed by atoms with van der Waals surface area (Å²) in [6.07, 6.45) is 5.43. The lowest BCUT2D eigenvalue weighted by atomic mass is 9.66. The summed E-state index contributed by atoms with van der Waals surface area (Å²) in [5.41, 5.74) is 4.78. The number of benzene rings is 3. The Hall–Kier alpha value is -4.70. The van der Waals surface area contributed by atoms with Crippen molar-refractivity contribution in [2.24, 2.45) is 5.92 Å². The van der Waals surface area contributed by atoms with Crippen molar-refractivity contribution in [2.75, 3.05) is 32.7 Å². The van der Waals surface area contributed by atoms with Crippen LogP contribution >= 0.6 is 0 Å². The molecular formula is C52H72N4O6. The maximum atomic E-state index is 15.4. The van der Waals surface area contributed by atoms with Crippen LogP contribution in [0.5, 0.6) is 0 Å². The molecule has 10 heteroatoms. The van der Waals surface area contributed by atoms with Gasteiger partial charge >= 0.3 is 6.09 Å². The molecule has 3 fully saturated rings. The van der Waals surface area contributed by atoms with Crippen LogP contribution in [0.4, 0.5) is 4.79 Å². The van der Waals surface area contributed by atoms with Crippen molar-refractivity contribution in [3.05, 3.63) is 106 Å². The van der Waals surface area contributed by atoms with Crippen LogP contribution in [-0.4, -0.2) is 101 Å². The number of nitrogens with zero attached hydrogens (tertiary/aromatic N) is 3. The Labute approximate surface area is 371 Å². The minimum absolute atomic E-state index is 0.0822. The second-order valence-corrected chi connectivity index (χ2v) is 19.8. The van der Waals surface area contributed by atoms with Gasteiger partial charge in [-0.05, 0) is 126 Å². The number of carbonyl (C=O) groups excluding carboxylic acids is 4. The largest absolute Gasteiger partial charge is 0.444 e. The van der Waals surface area contributed by atoms with E-state index in [4.69, 9.17) is 9.47 Å². The lowest BCUT2D eigenvalue weighted by Gasteiger charge is -2.38. The molecule has 10 nitrogen and oxygen atoms in total. The summed E-state index contributed by atoms with van der Waals surface area (Å²) in [6.45, 7) is 20.3. The fourth-order valence-electron chi connectivity index (χ4n) is 9.68. The lowest BCUT2D eigenvalue weighted by Crippen LogP contribution is -2.54. The first kappa shape index (κ1) is 46.8. The van der Waals surface area contributed by atoms with Crippen molar-refractivity contribution < 1.29 is 28.7 Å². The topological polar surface area (TPSA) is 108 Å². The molecule has 0 aromatic heterocycles. The maximum Gasteiger partial charge on any atom is 0.410 e. The zero-order valence-electron chi connectivity index (χ0n) is 38.9. The van der Waals surface area contributed by atoms with Gasteiger partial charge in [-0.2, -0.15) is 0 Å². The third kappa shape index (κ3) is 11.1. The van der Waals surface area contributed by atoms with E-state index in [2.05, 4.69) is 98.9 Å². The molecule has 3 heterocycles. The Morgan fingerprint density at radius 2 is 1.16 bits per heavy atom. The van der Waals surface area contributed by atoms with E-state index in [1.807, 2.05) is 41.5 Å². The molecule has 62 heavy (non-hydrogen) atoms. The zero-order chi connectivity index (χ0) is 44.8. The number of amides is 4. The van der Waals surface area contributed by atoms with Crippen LogP contribution in [0.1, 0.15) is 134 Å². The van der Waals surface area contributed by atoms with Crippen LogP contribution in [0, 0.1) is 5.92 Å². The predicted octanol–water partition coefficient (Wildman–Crippen LogP) is 8.64. The lowest BCUT2D eigenvalue weighted by molar-refractivity contribution is -0.147. The molecule has 4 atom stereocenters. The van der Waals surface area contributed by atoms with Gasteiger partial charge in [-0.1, -0.05) is 93.6 Å². The fraction of sp³-hybridized carbons (Fsp3) is 0.577. The number of likely N-dealkylation sites (tertiary alicyclic amines) is 3. The van der Waals surface area contributed by atoms with Crippen molar-refractivity contribution in [2.45, 2.75) is 155 Å². The highest BCUT2D eigenvalue weighted by molar-refractivity contribution is 5.93. The van der Waals surface area contributed by atoms with Gasteiger partial charge in [0.15, 0.2) is 0 Å². The maximum absolute atomic E-state index is 15.4. The molecule has 0 aliphatic carbocycles. The Morgan fingerprint density at radius 1 is 0.645 bits per heavy atom. The van der Waals surface area contributed by atoms with Crippen LogP contribution in [0.2, 0.25) is 0 Å². The van der Waals surface area contributed by atoms with Gasteiger partial charge in [0.05, 0.1) is 17.1 Å². The van der Waals surface area contributed by atoms with Crippen molar-refractivity contribution >= 4 is 23.8 Å². The SMILES string of the molecule is CCc1ccc(C(CC(=O)N2C[C@H](OC(C)(C)C)C[C@H]2C(=O)N2CCCC2C(=O)NC[C@H]2CCCN(C(=O)OC(C)(C)C)C2)(c2ccc(CC)cc2)c2ccc(CC)cc2)cc1. The average Bonchev–Trinajstić information content (AvgIpc) is 3.92. The van der Waals surface area contributed by atoms with Crippen LogP contribution < -0.4 is 5.32 Å². The van der Waals surface area contributed by atoms with Crippen LogP contribution in [-0.2, 0) is 48.5 Å². The van der Waals surface area contributed by atoms with E-state index in [0.717, 1.165) is 48.8 Å². The molecule has 3 saturated heterocycles. The molecule has 4 amide bonds. The summed E-state index contributed by atoms with van der Waals surface area (Å²) in [4.78, 5) is 62.4. The molecule has 3 aliphatic rings. The Balaban J connectivity index is 1.29. The molecule has 3 aromatic rings. The van der Waals surface area contributed by atoms with Crippen molar-refractivity contribution in [3.8, 4) is 0 Å². The van der Waals surface area contributed by atoms with Gasteiger partial charge in [0.1, 0.15) is 17.7 Å². The van der Waals surface area contributed by atoms with E-state index < -0.39 is 28.7 Å². The monoisotopic (exact) mass is 849 g/mol. The first-order valence-corrected chi connectivity index (χ1v) is 23.3. The van der Waals surface area contributed by atoms with Gasteiger partial charge in [-0.3, -0.25) is 14.4 Å². The van der Waals surface area contributed by atoms with E-state index in [0.29, 0.717) is 45.4 Å². The molecule has 1 N–H and O–H groups in total. The number of piperidine rings is 1. The molecular weight excluding hydrogens is 777 g/mol. The minimum Gasteiger partial charge on any atom is -0.444 e. The summed E-state index contributed by atoms with van der Waals surface area (Å²) >= 11 is 0. The van der Waals surface area contributed by atoms with E-state index in [1.54, 1.807) is 14.7 Å². The highest BCUT2D eigenvalue weighted by Gasteiger charge is 2.48. The number of carbonyl (C=O) groups is 4. The Morgan fingerprint density at radius 3 is 1.65 bits per heavy atom. The first-order chi connectivity index (χ1) is 29.4. The highest BCUT2D eigenvalue weighted by Crippen LogP contribution is 2.44. The van der Waals surface area contributed by atoms with E-state index in [-0.39, 0.29) is 48.8 Å². The highest BCUT2D eigenvalue weighted by atomic mass is 16.6. The van der Waals surface area contributed by atoms with Gasteiger partial charge in [0, 0.05) is 45.6 Å². The Kier molecular flexibility index (Phi) is 14.9. The van der Waals surface area contributed by atoms with E-state index in [9.17, 15) is 14.4 Å². The van der Waals surface area contributed by atoms with E-state index in [1.165, 1.54) is 16.7 Å². The molecule has 0 spiro atoms. The summed E-state index contributed by atoms with van der Waals surface area (Å²) in [6, 6.07) is 24.6. The number of ether oxygens (including phenoxy) is 2. The number of nitrogens with one attached hydrogen (secondary N) is 1.